The van der Waals surface area contributed by atoms with Crippen molar-refractivity contribution in [1.82, 2.24) is 4.31 Å². The third-order valence-electron chi connectivity index (χ3n) is 3.53. The van der Waals surface area contributed by atoms with Crippen LogP contribution in [0, 0.1) is 0 Å². The van der Waals surface area contributed by atoms with Crippen molar-refractivity contribution in [2.75, 3.05) is 13.1 Å². The second-order valence-electron chi connectivity index (χ2n) is 4.69. The van der Waals surface area contributed by atoms with Gasteiger partial charge in [0, 0.05) is 19.6 Å². The van der Waals surface area contributed by atoms with Gasteiger partial charge in [-0.05, 0) is 24.0 Å². The summed E-state index contributed by atoms with van der Waals surface area (Å²) >= 11 is 0. The molecule has 1 fully saturated rings. The van der Waals surface area contributed by atoms with Gasteiger partial charge in [-0.25, -0.2) is 8.42 Å². The maximum atomic E-state index is 12.1. The van der Waals surface area contributed by atoms with Crippen LogP contribution in [0.1, 0.15) is 24.5 Å². The number of hydrogen-bond acceptors (Lipinski definition) is 3. The number of sulfonamides is 1. The van der Waals surface area contributed by atoms with Gasteiger partial charge in [-0.2, -0.15) is 4.31 Å². The molecule has 100 valence electrons. The predicted octanol–water partition coefficient (Wildman–Crippen LogP) is 1.11. The summed E-state index contributed by atoms with van der Waals surface area (Å²) in [5, 5.41) is -0.396. The van der Waals surface area contributed by atoms with E-state index in [0.717, 1.165) is 12.0 Å². The molecule has 5 heteroatoms. The van der Waals surface area contributed by atoms with Crippen LogP contribution >= 0.6 is 0 Å². The average molecular weight is 268 g/mol. The van der Waals surface area contributed by atoms with E-state index in [0.29, 0.717) is 19.5 Å². The number of hydrogen-bond donors (Lipinski definition) is 1. The number of aryl methyl sites for hydroxylation is 1. The summed E-state index contributed by atoms with van der Waals surface area (Å²) in [7, 11) is -3.18. The van der Waals surface area contributed by atoms with Crippen molar-refractivity contribution in [3.05, 3.63) is 35.4 Å². The highest BCUT2D eigenvalue weighted by Crippen LogP contribution is 2.23. The average Bonchev–Trinajstić information content (AvgIpc) is 2.65. The van der Waals surface area contributed by atoms with Gasteiger partial charge >= 0.3 is 0 Å². The van der Waals surface area contributed by atoms with Crippen LogP contribution in [-0.2, 0) is 23.0 Å². The van der Waals surface area contributed by atoms with Crippen LogP contribution < -0.4 is 5.73 Å². The molecule has 0 spiro atoms. The summed E-state index contributed by atoms with van der Waals surface area (Å²) in [6.45, 7) is 3.36. The van der Waals surface area contributed by atoms with E-state index in [1.54, 1.807) is 4.31 Å². The highest BCUT2D eigenvalue weighted by molar-refractivity contribution is 7.90. The molecule has 4 nitrogen and oxygen atoms in total. The molecular weight excluding hydrogens is 248 g/mol. The van der Waals surface area contributed by atoms with E-state index < -0.39 is 15.3 Å². The van der Waals surface area contributed by atoms with Crippen molar-refractivity contribution in [3.8, 4) is 0 Å². The van der Waals surface area contributed by atoms with Crippen LogP contribution in [0.2, 0.25) is 0 Å². The Kier molecular flexibility index (Phi) is 4.04. The first-order valence-electron chi connectivity index (χ1n) is 6.34. The fourth-order valence-electron chi connectivity index (χ4n) is 2.27. The van der Waals surface area contributed by atoms with Crippen molar-refractivity contribution < 1.29 is 8.42 Å². The first-order valence-corrected chi connectivity index (χ1v) is 7.85. The van der Waals surface area contributed by atoms with Gasteiger partial charge in [-0.15, -0.1) is 0 Å². The van der Waals surface area contributed by atoms with Crippen molar-refractivity contribution in [2.24, 2.45) is 5.73 Å². The van der Waals surface area contributed by atoms with E-state index >= 15 is 0 Å². The standard InChI is InChI=1S/C13H20N2O2S/c1-2-11-3-5-12(6-4-11)10-15-8-7-13(9-14)18(15,16)17/h3-6,13H,2,7-10,14H2,1H3/t13-/m0/s1. The summed E-state index contributed by atoms with van der Waals surface area (Å²) < 4.78 is 25.7. The predicted molar refractivity (Wildman–Crippen MR) is 72.6 cm³/mol. The zero-order valence-electron chi connectivity index (χ0n) is 10.7. The molecule has 0 unspecified atom stereocenters. The molecule has 0 aliphatic carbocycles. The minimum atomic E-state index is -3.18. The summed E-state index contributed by atoms with van der Waals surface area (Å²) in [5.41, 5.74) is 7.80. The van der Waals surface area contributed by atoms with E-state index in [9.17, 15) is 8.42 Å². The fourth-order valence-corrected chi connectivity index (χ4v) is 4.02. The van der Waals surface area contributed by atoms with Crippen LogP contribution in [0.25, 0.3) is 0 Å². The van der Waals surface area contributed by atoms with E-state index in [1.807, 2.05) is 12.1 Å². The van der Waals surface area contributed by atoms with Crippen LogP contribution in [0.15, 0.2) is 24.3 Å². The van der Waals surface area contributed by atoms with Gasteiger partial charge in [-0.3, -0.25) is 0 Å². The largest absolute Gasteiger partial charge is 0.329 e. The quantitative estimate of drug-likeness (QED) is 0.890. The van der Waals surface area contributed by atoms with Crippen molar-refractivity contribution in [3.63, 3.8) is 0 Å². The number of nitrogens with zero attached hydrogens (tertiary/aromatic N) is 1. The molecule has 2 N–H and O–H groups in total. The highest BCUT2D eigenvalue weighted by atomic mass is 32.2. The summed E-state index contributed by atoms with van der Waals surface area (Å²) in [6, 6.07) is 8.12. The summed E-state index contributed by atoms with van der Waals surface area (Å²) in [5.74, 6) is 0. The first-order chi connectivity index (χ1) is 8.57. The van der Waals surface area contributed by atoms with Crippen LogP contribution in [0.3, 0.4) is 0 Å². The van der Waals surface area contributed by atoms with Crippen LogP contribution in [0.5, 0.6) is 0 Å². The topological polar surface area (TPSA) is 63.4 Å². The van der Waals surface area contributed by atoms with Crippen molar-refractivity contribution in [2.45, 2.75) is 31.6 Å². The molecule has 0 aromatic heterocycles. The lowest BCUT2D eigenvalue weighted by Crippen LogP contribution is -2.32. The molecule has 1 aromatic carbocycles. The Balaban J connectivity index is 2.10. The monoisotopic (exact) mass is 268 g/mol. The number of nitrogens with two attached hydrogens (primary N) is 1. The van der Waals surface area contributed by atoms with Gasteiger partial charge in [-0.1, -0.05) is 31.2 Å². The van der Waals surface area contributed by atoms with Crippen molar-refractivity contribution >= 4 is 10.0 Å². The Labute approximate surface area is 109 Å². The summed E-state index contributed by atoms with van der Waals surface area (Å²) in [6.07, 6.45) is 1.64. The number of benzene rings is 1. The summed E-state index contributed by atoms with van der Waals surface area (Å²) in [4.78, 5) is 0. The normalized spacial score (nSPS) is 23.3. The molecule has 0 amide bonds. The first kappa shape index (κ1) is 13.5. The van der Waals surface area contributed by atoms with Gasteiger partial charge in [0.25, 0.3) is 0 Å². The maximum Gasteiger partial charge on any atom is 0.218 e. The van der Waals surface area contributed by atoms with E-state index in [1.165, 1.54) is 5.56 Å². The molecule has 2 rings (SSSR count). The van der Waals surface area contributed by atoms with Gasteiger partial charge in [0.1, 0.15) is 0 Å². The lowest BCUT2D eigenvalue weighted by molar-refractivity contribution is 0.439. The fraction of sp³-hybridized carbons (Fsp3) is 0.538. The Morgan fingerprint density at radius 1 is 1.28 bits per heavy atom. The molecule has 1 aromatic rings. The Morgan fingerprint density at radius 2 is 1.89 bits per heavy atom. The van der Waals surface area contributed by atoms with E-state index in [-0.39, 0.29) is 6.54 Å². The molecular formula is C13H20N2O2S. The Hall–Kier alpha value is -0.910. The highest BCUT2D eigenvalue weighted by Gasteiger charge is 2.37. The molecule has 0 bridgehead atoms. The molecule has 1 aliphatic heterocycles. The molecule has 0 saturated carbocycles. The molecule has 1 heterocycles. The third kappa shape index (κ3) is 2.58. The molecule has 1 atom stereocenters. The lowest BCUT2D eigenvalue weighted by atomic mass is 10.1. The van der Waals surface area contributed by atoms with E-state index in [2.05, 4.69) is 19.1 Å². The molecule has 1 saturated heterocycles. The van der Waals surface area contributed by atoms with E-state index in [4.69, 9.17) is 5.73 Å². The second kappa shape index (κ2) is 5.38. The van der Waals surface area contributed by atoms with Gasteiger partial charge in [0.2, 0.25) is 10.0 Å². The molecule has 18 heavy (non-hydrogen) atoms. The molecule has 0 radical (unpaired) electrons. The van der Waals surface area contributed by atoms with Gasteiger partial charge in [0.05, 0.1) is 5.25 Å². The van der Waals surface area contributed by atoms with Crippen LogP contribution in [0.4, 0.5) is 0 Å². The minimum absolute atomic E-state index is 0.216. The zero-order chi connectivity index (χ0) is 13.2. The second-order valence-corrected chi connectivity index (χ2v) is 6.91. The van der Waals surface area contributed by atoms with Gasteiger partial charge < -0.3 is 5.73 Å². The van der Waals surface area contributed by atoms with Crippen LogP contribution in [-0.4, -0.2) is 31.1 Å². The molecule has 1 aliphatic rings. The SMILES string of the molecule is CCc1ccc(CN2CC[C@@H](CN)S2(=O)=O)cc1. The third-order valence-corrected chi connectivity index (χ3v) is 5.84. The smallest absolute Gasteiger partial charge is 0.218 e. The Bertz CT molecular complexity index is 496. The minimum Gasteiger partial charge on any atom is -0.329 e. The van der Waals surface area contributed by atoms with Gasteiger partial charge in [0.15, 0.2) is 0 Å². The lowest BCUT2D eigenvalue weighted by Gasteiger charge is -2.16. The van der Waals surface area contributed by atoms with Crippen molar-refractivity contribution in [1.29, 1.82) is 0 Å². The zero-order valence-corrected chi connectivity index (χ0v) is 11.5. The Morgan fingerprint density at radius 3 is 2.39 bits per heavy atom. The maximum absolute atomic E-state index is 12.1. The number of rotatable bonds is 4.